The molecule has 2 N–H and O–H groups in total. The molecule has 15 heavy (non-hydrogen) atoms. The molecule has 0 bridgehead atoms. The van der Waals surface area contributed by atoms with Gasteiger partial charge in [0.05, 0.1) is 5.69 Å². The molecule has 1 aliphatic rings. The maximum absolute atomic E-state index is 12.5. The summed E-state index contributed by atoms with van der Waals surface area (Å²) in [5.41, 5.74) is 6.05. The number of imidazole rings is 1. The van der Waals surface area contributed by atoms with Gasteiger partial charge in [0.15, 0.2) is 5.15 Å². The van der Waals surface area contributed by atoms with Crippen molar-refractivity contribution in [1.29, 1.82) is 0 Å². The van der Waals surface area contributed by atoms with E-state index in [1.807, 2.05) is 0 Å². The van der Waals surface area contributed by atoms with Crippen LogP contribution in [-0.4, -0.2) is 15.6 Å². The van der Waals surface area contributed by atoms with Crippen molar-refractivity contribution in [2.24, 2.45) is 5.73 Å². The fraction of sp³-hybridized carbons (Fsp3) is 0.625. The summed E-state index contributed by atoms with van der Waals surface area (Å²) in [4.78, 5) is 3.35. The smallest absolute Gasteiger partial charge is 0.326 e. The van der Waals surface area contributed by atoms with Crippen molar-refractivity contribution in [2.45, 2.75) is 31.6 Å². The second kappa shape index (κ2) is 3.38. The predicted octanol–water partition coefficient (Wildman–Crippen LogP) is 1.83. The van der Waals surface area contributed by atoms with Gasteiger partial charge in [0.25, 0.3) is 0 Å². The molecule has 0 radical (unpaired) electrons. The van der Waals surface area contributed by atoms with Crippen LogP contribution in [-0.2, 0) is 19.1 Å². The Labute approximate surface area is 89.0 Å². The van der Waals surface area contributed by atoms with Gasteiger partial charge in [0, 0.05) is 12.6 Å². The van der Waals surface area contributed by atoms with Crippen LogP contribution in [0.15, 0.2) is 0 Å². The third-order valence-electron chi connectivity index (χ3n) is 2.45. The van der Waals surface area contributed by atoms with Crippen LogP contribution in [0.3, 0.4) is 0 Å². The van der Waals surface area contributed by atoms with Gasteiger partial charge in [-0.2, -0.15) is 13.2 Å². The molecule has 0 saturated heterocycles. The maximum atomic E-state index is 12.5. The molecule has 0 amide bonds. The van der Waals surface area contributed by atoms with Crippen molar-refractivity contribution in [1.82, 2.24) is 9.55 Å². The van der Waals surface area contributed by atoms with Crippen LogP contribution in [0.1, 0.15) is 17.9 Å². The van der Waals surface area contributed by atoms with Crippen molar-refractivity contribution in [3.63, 3.8) is 0 Å². The summed E-state index contributed by atoms with van der Waals surface area (Å²) in [6.07, 6.45) is -3.38. The van der Waals surface area contributed by atoms with Gasteiger partial charge in [-0.25, -0.2) is 4.98 Å². The monoisotopic (exact) mass is 239 g/mol. The van der Waals surface area contributed by atoms with Crippen molar-refractivity contribution in [2.75, 3.05) is 0 Å². The van der Waals surface area contributed by atoms with Gasteiger partial charge in [-0.05, 0) is 12.8 Å². The number of aromatic nitrogens is 2. The molecule has 1 aromatic rings. The van der Waals surface area contributed by atoms with E-state index in [2.05, 4.69) is 4.98 Å². The lowest BCUT2D eigenvalue weighted by atomic mass is 10.1. The second-order valence-electron chi connectivity index (χ2n) is 3.58. The molecule has 1 unspecified atom stereocenters. The quantitative estimate of drug-likeness (QED) is 0.751. The number of fused-ring (bicyclic) bond motifs is 1. The summed E-state index contributed by atoms with van der Waals surface area (Å²) in [5.74, 6) is -0.947. The first-order valence-electron chi connectivity index (χ1n) is 4.47. The molecule has 0 aliphatic carbocycles. The summed E-state index contributed by atoms with van der Waals surface area (Å²) in [6.45, 7) is 0.129. The number of hydrogen-bond acceptors (Lipinski definition) is 2. The van der Waals surface area contributed by atoms with Crippen molar-refractivity contribution in [3.05, 3.63) is 16.7 Å². The number of alkyl halides is 3. The van der Waals surface area contributed by atoms with Crippen LogP contribution in [0.5, 0.6) is 0 Å². The standard InChI is InChI=1S/C8H9ClF3N3/c9-6-5-2-1-4(13)3-15(5)7(14-6)8(10,11)12/h4H,1-3,13H2. The fourth-order valence-electron chi connectivity index (χ4n) is 1.76. The second-order valence-corrected chi connectivity index (χ2v) is 3.94. The third kappa shape index (κ3) is 1.83. The highest BCUT2D eigenvalue weighted by Crippen LogP contribution is 2.34. The lowest BCUT2D eigenvalue weighted by molar-refractivity contribution is -0.147. The molecule has 3 nitrogen and oxygen atoms in total. The van der Waals surface area contributed by atoms with Crippen LogP contribution in [0, 0.1) is 0 Å². The summed E-state index contributed by atoms with van der Waals surface area (Å²) < 4.78 is 38.7. The van der Waals surface area contributed by atoms with E-state index in [-0.39, 0.29) is 17.7 Å². The Kier molecular flexibility index (Phi) is 2.42. The molecule has 84 valence electrons. The zero-order chi connectivity index (χ0) is 11.2. The first-order valence-corrected chi connectivity index (χ1v) is 4.85. The van der Waals surface area contributed by atoms with E-state index in [0.717, 1.165) is 4.57 Å². The number of nitrogens with two attached hydrogens (primary N) is 1. The fourth-order valence-corrected chi connectivity index (χ4v) is 2.03. The van der Waals surface area contributed by atoms with Gasteiger partial charge < -0.3 is 10.3 Å². The lowest BCUT2D eigenvalue weighted by Crippen LogP contribution is -2.33. The Bertz CT molecular complexity index is 385. The van der Waals surface area contributed by atoms with Gasteiger partial charge >= 0.3 is 6.18 Å². The number of rotatable bonds is 0. The summed E-state index contributed by atoms with van der Waals surface area (Å²) in [5, 5.41) is -0.0609. The molecule has 0 aromatic carbocycles. The molecular weight excluding hydrogens is 231 g/mol. The van der Waals surface area contributed by atoms with Crippen molar-refractivity contribution < 1.29 is 13.2 Å². The van der Waals surface area contributed by atoms with E-state index in [4.69, 9.17) is 17.3 Å². The summed E-state index contributed by atoms with van der Waals surface area (Å²) >= 11 is 5.64. The van der Waals surface area contributed by atoms with E-state index in [0.29, 0.717) is 18.5 Å². The topological polar surface area (TPSA) is 43.8 Å². The van der Waals surface area contributed by atoms with Gasteiger partial charge in [0.2, 0.25) is 5.82 Å². The number of nitrogens with zero attached hydrogens (tertiary/aromatic N) is 2. The van der Waals surface area contributed by atoms with E-state index in [9.17, 15) is 13.2 Å². The molecule has 1 atom stereocenters. The average Bonchev–Trinajstić information content (AvgIpc) is 2.42. The van der Waals surface area contributed by atoms with Crippen LogP contribution in [0.2, 0.25) is 5.15 Å². The zero-order valence-corrected chi connectivity index (χ0v) is 8.44. The van der Waals surface area contributed by atoms with E-state index < -0.39 is 12.0 Å². The predicted molar refractivity (Wildman–Crippen MR) is 48.5 cm³/mol. The van der Waals surface area contributed by atoms with E-state index in [1.54, 1.807) is 0 Å². The van der Waals surface area contributed by atoms with Crippen LogP contribution >= 0.6 is 11.6 Å². The molecule has 0 spiro atoms. The minimum atomic E-state index is -4.47. The summed E-state index contributed by atoms with van der Waals surface area (Å²) in [7, 11) is 0. The Morgan fingerprint density at radius 2 is 2.13 bits per heavy atom. The van der Waals surface area contributed by atoms with Gasteiger partial charge in [-0.1, -0.05) is 11.6 Å². The Morgan fingerprint density at radius 1 is 1.47 bits per heavy atom. The highest BCUT2D eigenvalue weighted by molar-refractivity contribution is 6.30. The largest absolute Gasteiger partial charge is 0.449 e. The molecule has 7 heteroatoms. The van der Waals surface area contributed by atoms with Crippen LogP contribution in [0.25, 0.3) is 0 Å². The average molecular weight is 240 g/mol. The Hall–Kier alpha value is -0.750. The Balaban J connectivity index is 2.50. The van der Waals surface area contributed by atoms with E-state index in [1.165, 1.54) is 0 Å². The minimum absolute atomic E-state index is 0.0609. The van der Waals surface area contributed by atoms with Crippen LogP contribution < -0.4 is 5.73 Å². The highest BCUT2D eigenvalue weighted by atomic mass is 35.5. The lowest BCUT2D eigenvalue weighted by Gasteiger charge is -2.22. The van der Waals surface area contributed by atoms with Gasteiger partial charge in [-0.3, -0.25) is 0 Å². The molecule has 1 aliphatic heterocycles. The summed E-state index contributed by atoms with van der Waals surface area (Å²) in [6, 6.07) is -0.260. The maximum Gasteiger partial charge on any atom is 0.449 e. The minimum Gasteiger partial charge on any atom is -0.326 e. The third-order valence-corrected chi connectivity index (χ3v) is 2.75. The zero-order valence-electron chi connectivity index (χ0n) is 7.68. The van der Waals surface area contributed by atoms with Gasteiger partial charge in [-0.15, -0.1) is 0 Å². The normalized spacial score (nSPS) is 21.5. The van der Waals surface area contributed by atoms with Crippen molar-refractivity contribution in [3.8, 4) is 0 Å². The molecule has 0 saturated carbocycles. The van der Waals surface area contributed by atoms with E-state index >= 15 is 0 Å². The first kappa shape index (κ1) is 10.8. The SMILES string of the molecule is NC1CCc2c(Cl)nc(C(F)(F)F)n2C1. The number of halogens is 4. The van der Waals surface area contributed by atoms with Crippen LogP contribution in [0.4, 0.5) is 13.2 Å². The number of hydrogen-bond donors (Lipinski definition) is 1. The highest BCUT2D eigenvalue weighted by Gasteiger charge is 2.39. The molecule has 0 fully saturated rings. The molecule has 2 heterocycles. The Morgan fingerprint density at radius 3 is 2.73 bits per heavy atom. The van der Waals surface area contributed by atoms with Crippen molar-refractivity contribution >= 4 is 11.6 Å². The molecular formula is C8H9ClF3N3. The first-order chi connectivity index (χ1) is 6.89. The molecule has 1 aromatic heterocycles. The van der Waals surface area contributed by atoms with Gasteiger partial charge in [0.1, 0.15) is 0 Å². The molecule has 2 rings (SSSR count).